The Morgan fingerprint density at radius 3 is 2.68 bits per heavy atom. The molecular formula is C13H16N4O2. The highest BCUT2D eigenvalue weighted by molar-refractivity contribution is 5.86. The first-order valence-electron chi connectivity index (χ1n) is 6.14. The van der Waals surface area contributed by atoms with E-state index in [1.807, 2.05) is 19.9 Å². The minimum Gasteiger partial charge on any atom is -0.477 e. The van der Waals surface area contributed by atoms with Gasteiger partial charge in [-0.25, -0.2) is 14.5 Å². The van der Waals surface area contributed by atoms with Crippen LogP contribution < -0.4 is 5.73 Å². The Balaban J connectivity index is 2.60. The normalized spacial score (nSPS) is 10.6. The van der Waals surface area contributed by atoms with Crippen LogP contribution in [-0.4, -0.2) is 25.8 Å². The molecule has 0 aliphatic carbocycles. The fraction of sp³-hybridized carbons (Fsp3) is 0.308. The van der Waals surface area contributed by atoms with Crippen LogP contribution in [0.1, 0.15) is 35.7 Å². The van der Waals surface area contributed by atoms with Gasteiger partial charge in [-0.2, -0.15) is 5.10 Å². The van der Waals surface area contributed by atoms with Crippen molar-refractivity contribution in [3.63, 3.8) is 0 Å². The molecule has 0 atom stereocenters. The molecule has 19 heavy (non-hydrogen) atoms. The van der Waals surface area contributed by atoms with Crippen LogP contribution in [0, 0.1) is 0 Å². The van der Waals surface area contributed by atoms with Gasteiger partial charge in [0, 0.05) is 5.69 Å². The molecule has 0 aromatic carbocycles. The predicted molar refractivity (Wildman–Crippen MR) is 71.5 cm³/mol. The van der Waals surface area contributed by atoms with Gasteiger partial charge >= 0.3 is 5.97 Å². The maximum atomic E-state index is 11.0. The number of carboxylic acids is 1. The van der Waals surface area contributed by atoms with Crippen molar-refractivity contribution in [2.75, 3.05) is 5.73 Å². The summed E-state index contributed by atoms with van der Waals surface area (Å²) in [6.07, 6.45) is 1.57. The molecule has 6 nitrogen and oxygen atoms in total. The Labute approximate surface area is 110 Å². The molecule has 0 radical (unpaired) electrons. The lowest BCUT2D eigenvalue weighted by molar-refractivity contribution is 0.0690. The van der Waals surface area contributed by atoms with Crippen LogP contribution in [-0.2, 0) is 12.8 Å². The summed E-state index contributed by atoms with van der Waals surface area (Å²) in [6.45, 7) is 4.01. The second-order valence-electron chi connectivity index (χ2n) is 4.16. The van der Waals surface area contributed by atoms with Gasteiger partial charge in [0.2, 0.25) is 0 Å². The van der Waals surface area contributed by atoms with Crippen LogP contribution >= 0.6 is 0 Å². The molecule has 2 heterocycles. The van der Waals surface area contributed by atoms with E-state index in [1.165, 1.54) is 6.07 Å². The summed E-state index contributed by atoms with van der Waals surface area (Å²) < 4.78 is 1.63. The molecule has 3 N–H and O–H groups in total. The van der Waals surface area contributed by atoms with E-state index in [0.717, 1.165) is 24.2 Å². The number of aromatic carboxylic acids is 1. The summed E-state index contributed by atoms with van der Waals surface area (Å²) in [5.41, 5.74) is 8.13. The van der Waals surface area contributed by atoms with E-state index in [1.54, 1.807) is 10.7 Å². The summed E-state index contributed by atoms with van der Waals surface area (Å²) in [6, 6.07) is 4.91. The Morgan fingerprint density at radius 2 is 2.11 bits per heavy atom. The number of aryl methyl sites for hydroxylation is 2. The minimum absolute atomic E-state index is 0.0419. The molecule has 0 unspecified atom stereocenters. The van der Waals surface area contributed by atoms with Crippen LogP contribution in [0.25, 0.3) is 5.82 Å². The summed E-state index contributed by atoms with van der Waals surface area (Å²) in [7, 11) is 0. The highest BCUT2D eigenvalue weighted by Crippen LogP contribution is 2.18. The standard InChI is InChI=1S/C13H16N4O2/c1-3-8-7-9(4-2)17(16-8)12-10(14)5-6-11(15-12)13(18)19/h5-7H,3-4,14H2,1-2H3,(H,18,19). The van der Waals surface area contributed by atoms with Gasteiger partial charge in [-0.05, 0) is 31.0 Å². The lowest BCUT2D eigenvalue weighted by Crippen LogP contribution is -2.11. The van der Waals surface area contributed by atoms with E-state index in [9.17, 15) is 4.79 Å². The van der Waals surface area contributed by atoms with Gasteiger partial charge in [0.1, 0.15) is 0 Å². The van der Waals surface area contributed by atoms with Gasteiger partial charge in [-0.15, -0.1) is 0 Å². The van der Waals surface area contributed by atoms with Crippen LogP contribution in [0.4, 0.5) is 5.69 Å². The number of nitrogens with two attached hydrogens (primary N) is 1. The summed E-state index contributed by atoms with van der Waals surface area (Å²) in [5, 5.41) is 13.4. The molecule has 0 aliphatic heterocycles. The second kappa shape index (κ2) is 5.09. The Kier molecular flexibility index (Phi) is 3.50. The Hall–Kier alpha value is -2.37. The molecule has 0 bridgehead atoms. The second-order valence-corrected chi connectivity index (χ2v) is 4.16. The maximum Gasteiger partial charge on any atom is 0.354 e. The number of nitrogens with zero attached hydrogens (tertiary/aromatic N) is 3. The zero-order valence-corrected chi connectivity index (χ0v) is 10.9. The topological polar surface area (TPSA) is 94.0 Å². The van der Waals surface area contributed by atoms with Gasteiger partial charge in [-0.1, -0.05) is 13.8 Å². The van der Waals surface area contributed by atoms with E-state index >= 15 is 0 Å². The number of carboxylic acid groups (broad SMARTS) is 1. The van der Waals surface area contributed by atoms with Gasteiger partial charge in [0.05, 0.1) is 11.4 Å². The number of nitrogen functional groups attached to an aromatic ring is 1. The lowest BCUT2D eigenvalue weighted by atomic mass is 10.2. The minimum atomic E-state index is -1.08. The monoisotopic (exact) mass is 260 g/mol. The molecule has 0 fully saturated rings. The van der Waals surface area contributed by atoms with Crippen molar-refractivity contribution in [2.45, 2.75) is 26.7 Å². The fourth-order valence-electron chi connectivity index (χ4n) is 1.83. The van der Waals surface area contributed by atoms with Crippen molar-refractivity contribution in [1.82, 2.24) is 14.8 Å². The van der Waals surface area contributed by atoms with Crippen molar-refractivity contribution in [1.29, 1.82) is 0 Å². The van der Waals surface area contributed by atoms with E-state index < -0.39 is 5.97 Å². The number of hydrogen-bond donors (Lipinski definition) is 2. The van der Waals surface area contributed by atoms with Gasteiger partial charge in [-0.3, -0.25) is 0 Å². The number of aromatic nitrogens is 3. The van der Waals surface area contributed by atoms with Crippen molar-refractivity contribution in [3.8, 4) is 5.82 Å². The smallest absolute Gasteiger partial charge is 0.354 e. The first-order valence-corrected chi connectivity index (χ1v) is 6.14. The zero-order chi connectivity index (χ0) is 14.0. The molecule has 2 aromatic heterocycles. The molecular weight excluding hydrogens is 244 g/mol. The van der Waals surface area contributed by atoms with E-state index in [0.29, 0.717) is 11.5 Å². The zero-order valence-electron chi connectivity index (χ0n) is 10.9. The third-order valence-corrected chi connectivity index (χ3v) is 2.88. The first-order chi connectivity index (χ1) is 9.06. The molecule has 0 amide bonds. The largest absolute Gasteiger partial charge is 0.477 e. The summed E-state index contributed by atoms with van der Waals surface area (Å²) >= 11 is 0. The van der Waals surface area contributed by atoms with Crippen molar-refractivity contribution in [2.24, 2.45) is 0 Å². The third-order valence-electron chi connectivity index (χ3n) is 2.88. The molecule has 0 spiro atoms. The third kappa shape index (κ3) is 2.42. The molecule has 0 saturated carbocycles. The van der Waals surface area contributed by atoms with Gasteiger partial charge in [0.25, 0.3) is 0 Å². The molecule has 0 aliphatic rings. The van der Waals surface area contributed by atoms with E-state index in [-0.39, 0.29) is 5.69 Å². The van der Waals surface area contributed by atoms with Crippen molar-refractivity contribution in [3.05, 3.63) is 35.3 Å². The predicted octanol–water partition coefficient (Wildman–Crippen LogP) is 1.67. The van der Waals surface area contributed by atoms with Crippen LogP contribution in [0.5, 0.6) is 0 Å². The highest BCUT2D eigenvalue weighted by atomic mass is 16.4. The maximum absolute atomic E-state index is 11.0. The molecule has 6 heteroatoms. The van der Waals surface area contributed by atoms with Crippen LogP contribution in [0.3, 0.4) is 0 Å². The Morgan fingerprint density at radius 1 is 1.37 bits per heavy atom. The summed E-state index contributed by atoms with van der Waals surface area (Å²) in [4.78, 5) is 15.1. The quantitative estimate of drug-likeness (QED) is 0.872. The molecule has 2 rings (SSSR count). The fourth-order valence-corrected chi connectivity index (χ4v) is 1.83. The number of rotatable bonds is 4. The van der Waals surface area contributed by atoms with Gasteiger partial charge in [0.15, 0.2) is 11.5 Å². The Bertz CT molecular complexity index is 619. The average molecular weight is 260 g/mol. The van der Waals surface area contributed by atoms with Crippen LogP contribution in [0.2, 0.25) is 0 Å². The van der Waals surface area contributed by atoms with Crippen LogP contribution in [0.15, 0.2) is 18.2 Å². The molecule has 100 valence electrons. The number of hydrogen-bond acceptors (Lipinski definition) is 4. The first kappa shape index (κ1) is 13.1. The SMILES string of the molecule is CCc1cc(CC)n(-c2nc(C(=O)O)ccc2N)n1. The van der Waals surface area contributed by atoms with Crippen molar-refractivity contribution < 1.29 is 9.90 Å². The average Bonchev–Trinajstić information content (AvgIpc) is 2.82. The highest BCUT2D eigenvalue weighted by Gasteiger charge is 2.14. The molecule has 2 aromatic rings. The summed E-state index contributed by atoms with van der Waals surface area (Å²) in [5.74, 6) is -0.710. The van der Waals surface area contributed by atoms with E-state index in [2.05, 4.69) is 10.1 Å². The number of pyridine rings is 1. The number of anilines is 1. The van der Waals surface area contributed by atoms with E-state index in [4.69, 9.17) is 10.8 Å². The van der Waals surface area contributed by atoms with Crippen molar-refractivity contribution >= 4 is 11.7 Å². The van der Waals surface area contributed by atoms with Gasteiger partial charge < -0.3 is 10.8 Å². The lowest BCUT2D eigenvalue weighted by Gasteiger charge is -2.08. The molecule has 0 saturated heterocycles. The number of carbonyl (C=O) groups is 1.